The van der Waals surface area contributed by atoms with Crippen LogP contribution >= 0.6 is 0 Å². The molecular formula is C18H17NO5. The first-order valence-corrected chi connectivity index (χ1v) is 7.62. The third-order valence-electron chi connectivity index (χ3n) is 4.29. The number of para-hydroxylation sites is 1. The predicted molar refractivity (Wildman–Crippen MR) is 86.2 cm³/mol. The number of hydrogen-bond donors (Lipinski definition) is 0. The smallest absolute Gasteiger partial charge is 0.381 e. The first kappa shape index (κ1) is 16.0. The van der Waals surface area contributed by atoms with Crippen molar-refractivity contribution in [2.75, 3.05) is 7.11 Å². The molecule has 3 atom stereocenters. The van der Waals surface area contributed by atoms with Gasteiger partial charge < -0.3 is 9.47 Å². The molecule has 0 radical (unpaired) electrons. The monoisotopic (exact) mass is 327 g/mol. The molecule has 0 aromatic heterocycles. The highest BCUT2D eigenvalue weighted by Gasteiger charge is 2.49. The lowest BCUT2D eigenvalue weighted by Gasteiger charge is -2.23. The maximum atomic E-state index is 12.0. The number of rotatable bonds is 5. The van der Waals surface area contributed by atoms with E-state index in [-0.39, 0.29) is 0 Å². The highest BCUT2D eigenvalue weighted by atomic mass is 16.6. The maximum Gasteiger partial charge on any atom is 0.381 e. The Bertz CT molecular complexity index is 746. The van der Waals surface area contributed by atoms with Crippen molar-refractivity contribution < 1.29 is 19.2 Å². The first-order valence-electron chi connectivity index (χ1n) is 7.62. The van der Waals surface area contributed by atoms with E-state index < -0.39 is 29.0 Å². The quantitative estimate of drug-likeness (QED) is 0.479. The van der Waals surface area contributed by atoms with E-state index in [4.69, 9.17) is 4.74 Å². The summed E-state index contributed by atoms with van der Waals surface area (Å²) in [5.74, 6) is -0.860. The fourth-order valence-electron chi connectivity index (χ4n) is 3.20. The van der Waals surface area contributed by atoms with E-state index in [9.17, 15) is 14.9 Å². The van der Waals surface area contributed by atoms with Crippen LogP contribution in [0.3, 0.4) is 0 Å². The van der Waals surface area contributed by atoms with Crippen LogP contribution < -0.4 is 4.74 Å². The molecule has 2 aromatic carbocycles. The zero-order chi connectivity index (χ0) is 17.1. The number of nitrogens with zero attached hydrogens (tertiary/aromatic N) is 1. The summed E-state index contributed by atoms with van der Waals surface area (Å²) in [6, 6.07) is 15.2. The van der Waals surface area contributed by atoms with Crippen molar-refractivity contribution >= 4 is 5.97 Å². The van der Waals surface area contributed by atoms with Crippen molar-refractivity contribution in [3.63, 3.8) is 0 Å². The van der Waals surface area contributed by atoms with E-state index in [2.05, 4.69) is 4.74 Å². The Hall–Kier alpha value is -2.89. The van der Waals surface area contributed by atoms with Crippen LogP contribution in [0.1, 0.15) is 17.2 Å². The summed E-state index contributed by atoms with van der Waals surface area (Å²) < 4.78 is 10.7. The van der Waals surface area contributed by atoms with Gasteiger partial charge in [0.2, 0.25) is 0 Å². The third-order valence-corrected chi connectivity index (χ3v) is 4.29. The van der Waals surface area contributed by atoms with Crippen molar-refractivity contribution in [3.8, 4) is 5.75 Å². The molecule has 124 valence electrons. The Balaban J connectivity index is 1.98. The fraction of sp³-hybridized carbons (Fsp3) is 0.278. The van der Waals surface area contributed by atoms with Gasteiger partial charge >= 0.3 is 12.0 Å². The molecule has 0 aliphatic heterocycles. The number of fused-ring (bicyclic) bond motifs is 1. The molecule has 2 aromatic rings. The molecule has 0 unspecified atom stereocenters. The van der Waals surface area contributed by atoms with Crippen LogP contribution in [-0.2, 0) is 16.0 Å². The van der Waals surface area contributed by atoms with Crippen LogP contribution in [0.5, 0.6) is 5.75 Å². The molecular weight excluding hydrogens is 310 g/mol. The summed E-state index contributed by atoms with van der Waals surface area (Å²) in [6.45, 7) is 0. The molecule has 6 heteroatoms. The number of ether oxygens (including phenoxy) is 2. The number of carbonyl (C=O) groups is 1. The Labute approximate surface area is 139 Å². The highest BCUT2D eigenvalue weighted by molar-refractivity contribution is 5.75. The second-order valence-electron chi connectivity index (χ2n) is 5.67. The standard InChI is InChI=1S/C18H17NO5/c1-23-18(20)16(19(21)22)15-11-12-7-5-6-10-14(12)17(15)24-13-8-3-2-4-9-13/h2-10,15-17H,11H2,1H3/t15-,16-,17+/m1/s1. The van der Waals surface area contributed by atoms with Gasteiger partial charge in [-0.2, -0.15) is 0 Å². The van der Waals surface area contributed by atoms with Crippen molar-refractivity contribution in [1.82, 2.24) is 0 Å². The Morgan fingerprint density at radius 2 is 1.83 bits per heavy atom. The molecule has 24 heavy (non-hydrogen) atoms. The minimum absolute atomic E-state index is 0.397. The minimum Gasteiger partial charge on any atom is -0.485 e. The molecule has 0 bridgehead atoms. The van der Waals surface area contributed by atoms with Gasteiger partial charge in [0.25, 0.3) is 0 Å². The van der Waals surface area contributed by atoms with Crippen LogP contribution in [0, 0.1) is 16.0 Å². The number of methoxy groups -OCH3 is 1. The molecule has 0 heterocycles. The van der Waals surface area contributed by atoms with Gasteiger partial charge in [-0.3, -0.25) is 10.1 Å². The second-order valence-corrected chi connectivity index (χ2v) is 5.67. The van der Waals surface area contributed by atoms with Gasteiger partial charge in [0, 0.05) is 4.92 Å². The summed E-state index contributed by atoms with van der Waals surface area (Å²) in [7, 11) is 1.16. The van der Waals surface area contributed by atoms with Crippen LogP contribution in [0.2, 0.25) is 0 Å². The number of nitro groups is 1. The van der Waals surface area contributed by atoms with Gasteiger partial charge in [-0.15, -0.1) is 0 Å². The topological polar surface area (TPSA) is 78.7 Å². The van der Waals surface area contributed by atoms with E-state index in [0.717, 1.165) is 18.2 Å². The Kier molecular flexibility index (Phi) is 4.46. The zero-order valence-electron chi connectivity index (χ0n) is 13.1. The summed E-state index contributed by atoms with van der Waals surface area (Å²) in [5.41, 5.74) is 1.83. The summed E-state index contributed by atoms with van der Waals surface area (Å²) >= 11 is 0. The van der Waals surface area contributed by atoms with E-state index >= 15 is 0 Å². The fourth-order valence-corrected chi connectivity index (χ4v) is 3.20. The molecule has 1 aliphatic rings. The molecule has 0 saturated carbocycles. The van der Waals surface area contributed by atoms with Crippen LogP contribution in [-0.4, -0.2) is 24.0 Å². The maximum absolute atomic E-state index is 12.0. The van der Waals surface area contributed by atoms with Crippen LogP contribution in [0.15, 0.2) is 54.6 Å². The lowest BCUT2D eigenvalue weighted by atomic mass is 9.94. The third kappa shape index (κ3) is 2.95. The largest absolute Gasteiger partial charge is 0.485 e. The van der Waals surface area contributed by atoms with Gasteiger partial charge in [0.1, 0.15) is 11.9 Å². The zero-order valence-corrected chi connectivity index (χ0v) is 13.1. The van der Waals surface area contributed by atoms with E-state index in [1.54, 1.807) is 12.1 Å². The molecule has 3 rings (SSSR count). The molecule has 0 N–H and O–H groups in total. The van der Waals surface area contributed by atoms with Crippen molar-refractivity contribution in [1.29, 1.82) is 0 Å². The van der Waals surface area contributed by atoms with Crippen molar-refractivity contribution in [2.24, 2.45) is 5.92 Å². The second kappa shape index (κ2) is 6.70. The summed E-state index contributed by atoms with van der Waals surface area (Å²) in [5, 5.41) is 11.5. The van der Waals surface area contributed by atoms with Gasteiger partial charge in [0.15, 0.2) is 0 Å². The Morgan fingerprint density at radius 1 is 1.17 bits per heavy atom. The van der Waals surface area contributed by atoms with Crippen LogP contribution in [0.4, 0.5) is 0 Å². The number of esters is 1. The average molecular weight is 327 g/mol. The van der Waals surface area contributed by atoms with Gasteiger partial charge in [-0.25, -0.2) is 4.79 Å². The van der Waals surface area contributed by atoms with Gasteiger partial charge in [-0.1, -0.05) is 42.5 Å². The highest BCUT2D eigenvalue weighted by Crippen LogP contribution is 2.41. The molecule has 1 aliphatic carbocycles. The first-order chi connectivity index (χ1) is 11.6. The van der Waals surface area contributed by atoms with Gasteiger partial charge in [0.05, 0.1) is 13.0 Å². The van der Waals surface area contributed by atoms with Gasteiger partial charge in [-0.05, 0) is 29.7 Å². The minimum atomic E-state index is -1.46. The van der Waals surface area contributed by atoms with E-state index in [0.29, 0.717) is 12.2 Å². The lowest BCUT2D eigenvalue weighted by Crippen LogP contribution is -2.41. The normalized spacial score (nSPS) is 20.0. The molecule has 0 amide bonds. The predicted octanol–water partition coefficient (Wildman–Crippen LogP) is 2.80. The van der Waals surface area contributed by atoms with Crippen molar-refractivity contribution in [3.05, 3.63) is 75.8 Å². The Morgan fingerprint density at radius 3 is 2.50 bits per heavy atom. The number of carbonyl (C=O) groups excluding carboxylic acids is 1. The van der Waals surface area contributed by atoms with E-state index in [1.165, 1.54) is 0 Å². The average Bonchev–Trinajstić information content (AvgIpc) is 2.94. The SMILES string of the molecule is COC(=O)[C@@H]([C@H]1Cc2ccccc2[C@@H]1Oc1ccccc1)[N+](=O)[O-]. The summed E-state index contributed by atoms with van der Waals surface area (Å²) in [4.78, 5) is 22.9. The van der Waals surface area contributed by atoms with Crippen molar-refractivity contribution in [2.45, 2.75) is 18.6 Å². The van der Waals surface area contributed by atoms with Crippen LogP contribution in [0.25, 0.3) is 0 Å². The lowest BCUT2D eigenvalue weighted by molar-refractivity contribution is -0.521. The number of hydrogen-bond acceptors (Lipinski definition) is 5. The molecule has 0 fully saturated rings. The van der Waals surface area contributed by atoms with E-state index in [1.807, 2.05) is 42.5 Å². The number of benzene rings is 2. The molecule has 6 nitrogen and oxygen atoms in total. The molecule has 0 spiro atoms. The summed E-state index contributed by atoms with van der Waals surface area (Å²) in [6.07, 6.45) is -0.174. The molecule has 0 saturated heterocycles.